The van der Waals surface area contributed by atoms with Crippen LogP contribution in [0.1, 0.15) is 11.9 Å². The molecule has 0 radical (unpaired) electrons. The Morgan fingerprint density at radius 1 is 1.16 bits per heavy atom. The average Bonchev–Trinajstić information content (AvgIpc) is 2.95. The summed E-state index contributed by atoms with van der Waals surface area (Å²) in [7, 11) is 0. The van der Waals surface area contributed by atoms with Gasteiger partial charge in [-0.3, -0.25) is 0 Å². The van der Waals surface area contributed by atoms with Gasteiger partial charge in [-0.25, -0.2) is 4.98 Å². The summed E-state index contributed by atoms with van der Waals surface area (Å²) in [4.78, 5) is 8.59. The number of fused-ring (bicyclic) bond motifs is 1. The summed E-state index contributed by atoms with van der Waals surface area (Å²) in [6, 6.07) is 10.9. The van der Waals surface area contributed by atoms with Crippen LogP contribution in [-0.4, -0.2) is 26.8 Å². The number of aromatic nitrogens is 3. The first-order chi connectivity index (χ1) is 9.28. The van der Waals surface area contributed by atoms with E-state index in [0.717, 1.165) is 10.9 Å². The van der Waals surface area contributed by atoms with Crippen LogP contribution in [0.15, 0.2) is 40.9 Å². The van der Waals surface area contributed by atoms with Crippen LogP contribution in [0.2, 0.25) is 0 Å². The summed E-state index contributed by atoms with van der Waals surface area (Å²) in [6.07, 6.45) is 0. The van der Waals surface area contributed by atoms with E-state index in [0.29, 0.717) is 11.5 Å². The minimum absolute atomic E-state index is 0.201. The second-order valence-corrected chi connectivity index (χ2v) is 4.13. The van der Waals surface area contributed by atoms with Crippen LogP contribution in [0.5, 0.6) is 0 Å². The van der Waals surface area contributed by atoms with E-state index in [9.17, 15) is 0 Å². The van der Waals surface area contributed by atoms with Crippen molar-refractivity contribution in [3.05, 3.63) is 42.3 Å². The van der Waals surface area contributed by atoms with Crippen molar-refractivity contribution >= 4 is 10.9 Å². The maximum Gasteiger partial charge on any atom is 0.246 e. The van der Waals surface area contributed by atoms with Gasteiger partial charge in [0.2, 0.25) is 11.7 Å². The number of aliphatic hydroxyl groups excluding tert-OH is 1. The zero-order valence-corrected chi connectivity index (χ0v) is 10.0. The number of hydrogen-bond donors (Lipinski definition) is 2. The summed E-state index contributed by atoms with van der Waals surface area (Å²) in [6.45, 7) is -0.243. The van der Waals surface area contributed by atoms with Crippen LogP contribution in [0.3, 0.4) is 0 Å². The third kappa shape index (κ3) is 2.18. The predicted octanol–water partition coefficient (Wildman–Crippen LogP) is 1.28. The maximum absolute atomic E-state index is 8.94. The molecular weight excluding hydrogens is 244 g/mol. The van der Waals surface area contributed by atoms with Gasteiger partial charge in [0.1, 0.15) is 11.7 Å². The van der Waals surface area contributed by atoms with Gasteiger partial charge in [0.15, 0.2) is 0 Å². The zero-order valence-electron chi connectivity index (χ0n) is 10.0. The molecule has 3 N–H and O–H groups in total. The predicted molar refractivity (Wildman–Crippen MR) is 69.0 cm³/mol. The van der Waals surface area contributed by atoms with Crippen LogP contribution in [0.4, 0.5) is 0 Å². The Balaban J connectivity index is 2.01. The molecule has 0 unspecified atom stereocenters. The van der Waals surface area contributed by atoms with Gasteiger partial charge in [-0.15, -0.1) is 0 Å². The minimum Gasteiger partial charge on any atom is -0.394 e. The molecule has 0 bridgehead atoms. The van der Waals surface area contributed by atoms with Gasteiger partial charge >= 0.3 is 0 Å². The molecule has 0 amide bonds. The minimum atomic E-state index is -0.665. The van der Waals surface area contributed by atoms with E-state index < -0.39 is 6.04 Å². The van der Waals surface area contributed by atoms with Crippen molar-refractivity contribution in [3.8, 4) is 11.5 Å². The highest BCUT2D eigenvalue weighted by Gasteiger charge is 2.15. The second kappa shape index (κ2) is 4.75. The van der Waals surface area contributed by atoms with E-state index in [1.807, 2.05) is 36.4 Å². The van der Waals surface area contributed by atoms with E-state index in [-0.39, 0.29) is 12.5 Å². The third-order valence-electron chi connectivity index (χ3n) is 2.78. The number of rotatable bonds is 3. The Hall–Kier alpha value is -2.31. The molecule has 96 valence electrons. The van der Waals surface area contributed by atoms with Crippen molar-refractivity contribution < 1.29 is 9.63 Å². The Morgan fingerprint density at radius 3 is 2.84 bits per heavy atom. The smallest absolute Gasteiger partial charge is 0.246 e. The molecule has 0 aliphatic carbocycles. The molecule has 0 fully saturated rings. The molecule has 1 atom stereocenters. The van der Waals surface area contributed by atoms with E-state index in [1.54, 1.807) is 0 Å². The molecule has 6 heteroatoms. The number of nitrogens with zero attached hydrogens (tertiary/aromatic N) is 3. The van der Waals surface area contributed by atoms with Crippen LogP contribution in [0.25, 0.3) is 22.4 Å². The summed E-state index contributed by atoms with van der Waals surface area (Å²) in [5.41, 5.74) is 7.08. The Labute approximate surface area is 108 Å². The van der Waals surface area contributed by atoms with Crippen molar-refractivity contribution in [2.24, 2.45) is 5.73 Å². The molecule has 1 aromatic carbocycles. The highest BCUT2D eigenvalue weighted by molar-refractivity contribution is 5.80. The van der Waals surface area contributed by atoms with Gasteiger partial charge in [0.05, 0.1) is 12.1 Å². The fraction of sp³-hybridized carbons (Fsp3) is 0.154. The first kappa shape index (κ1) is 11.8. The molecule has 0 aliphatic heterocycles. The lowest BCUT2D eigenvalue weighted by molar-refractivity contribution is 0.237. The first-order valence-corrected chi connectivity index (χ1v) is 5.84. The van der Waals surface area contributed by atoms with Gasteiger partial charge in [0.25, 0.3) is 0 Å². The summed E-state index contributed by atoms with van der Waals surface area (Å²) < 4.78 is 5.00. The maximum atomic E-state index is 8.94. The lowest BCUT2D eigenvalue weighted by Crippen LogP contribution is -2.14. The summed E-state index contributed by atoms with van der Waals surface area (Å²) in [5.74, 6) is 0.567. The molecule has 0 spiro atoms. The number of nitrogens with two attached hydrogens (primary N) is 1. The summed E-state index contributed by atoms with van der Waals surface area (Å²) >= 11 is 0. The van der Waals surface area contributed by atoms with Crippen LogP contribution < -0.4 is 5.73 Å². The largest absolute Gasteiger partial charge is 0.394 e. The number of hydrogen-bond acceptors (Lipinski definition) is 6. The molecule has 0 saturated heterocycles. The van der Waals surface area contributed by atoms with Crippen LogP contribution in [-0.2, 0) is 0 Å². The molecular formula is C13H12N4O2. The van der Waals surface area contributed by atoms with Crippen molar-refractivity contribution in [2.45, 2.75) is 6.04 Å². The Kier molecular flexibility index (Phi) is 2.94. The van der Waals surface area contributed by atoms with Gasteiger partial charge in [-0.05, 0) is 12.1 Å². The Bertz CT molecular complexity index is 710. The second-order valence-electron chi connectivity index (χ2n) is 4.13. The van der Waals surface area contributed by atoms with Gasteiger partial charge < -0.3 is 15.4 Å². The topological polar surface area (TPSA) is 98.1 Å². The molecule has 0 aliphatic rings. The fourth-order valence-corrected chi connectivity index (χ4v) is 1.76. The lowest BCUT2D eigenvalue weighted by atomic mass is 10.2. The lowest BCUT2D eigenvalue weighted by Gasteiger charge is -1.99. The van der Waals surface area contributed by atoms with Crippen molar-refractivity contribution in [2.75, 3.05) is 6.61 Å². The van der Waals surface area contributed by atoms with Crippen LogP contribution in [0, 0.1) is 0 Å². The first-order valence-electron chi connectivity index (χ1n) is 5.84. The van der Waals surface area contributed by atoms with Crippen molar-refractivity contribution in [1.82, 2.24) is 15.1 Å². The van der Waals surface area contributed by atoms with Crippen LogP contribution >= 0.6 is 0 Å². The standard InChI is InChI=1S/C13H12N4O2/c14-9(7-18)13-16-12(17-19-13)11-6-5-8-3-1-2-4-10(8)15-11/h1-6,9,18H,7,14H2/t9-/m1/s1. The number of pyridine rings is 1. The quantitative estimate of drug-likeness (QED) is 0.732. The molecule has 2 aromatic heterocycles. The molecule has 2 heterocycles. The number of benzene rings is 1. The summed E-state index contributed by atoms with van der Waals surface area (Å²) in [5, 5.41) is 13.8. The third-order valence-corrected chi connectivity index (χ3v) is 2.78. The van der Waals surface area contributed by atoms with Gasteiger partial charge in [-0.2, -0.15) is 4.98 Å². The van der Waals surface area contributed by atoms with Crippen molar-refractivity contribution in [3.63, 3.8) is 0 Å². The van der Waals surface area contributed by atoms with E-state index >= 15 is 0 Å². The monoisotopic (exact) mass is 256 g/mol. The SMILES string of the molecule is N[C@H](CO)c1nc(-c2ccc3ccccc3n2)no1. The zero-order chi connectivity index (χ0) is 13.2. The molecule has 6 nitrogen and oxygen atoms in total. The highest BCUT2D eigenvalue weighted by Crippen LogP contribution is 2.19. The fourth-order valence-electron chi connectivity index (χ4n) is 1.76. The number of aliphatic hydroxyl groups is 1. The number of para-hydroxylation sites is 1. The van der Waals surface area contributed by atoms with Gasteiger partial charge in [-0.1, -0.05) is 29.4 Å². The van der Waals surface area contributed by atoms with E-state index in [1.165, 1.54) is 0 Å². The molecule has 0 saturated carbocycles. The molecule has 3 rings (SSSR count). The normalized spacial score (nSPS) is 12.7. The highest BCUT2D eigenvalue weighted by atomic mass is 16.5. The van der Waals surface area contributed by atoms with E-state index in [2.05, 4.69) is 15.1 Å². The molecule has 3 aromatic rings. The molecule has 19 heavy (non-hydrogen) atoms. The van der Waals surface area contributed by atoms with E-state index in [4.69, 9.17) is 15.4 Å². The average molecular weight is 256 g/mol. The van der Waals surface area contributed by atoms with Gasteiger partial charge in [0, 0.05) is 5.39 Å². The van der Waals surface area contributed by atoms with Crippen molar-refractivity contribution in [1.29, 1.82) is 0 Å². The Morgan fingerprint density at radius 2 is 2.00 bits per heavy atom.